The minimum atomic E-state index is -0.131. The van der Waals surface area contributed by atoms with Gasteiger partial charge in [-0.05, 0) is 50.1 Å². The molecule has 1 atom stereocenters. The Morgan fingerprint density at radius 1 is 1.36 bits per heavy atom. The van der Waals surface area contributed by atoms with Gasteiger partial charge in [0.15, 0.2) is 11.5 Å². The van der Waals surface area contributed by atoms with Gasteiger partial charge < -0.3 is 15.2 Å². The molecule has 0 aliphatic carbocycles. The van der Waals surface area contributed by atoms with E-state index in [2.05, 4.69) is 5.32 Å². The van der Waals surface area contributed by atoms with Crippen LogP contribution in [0.1, 0.15) is 28.2 Å². The maximum Gasteiger partial charge on any atom is 0.228 e. The Hall–Kier alpha value is -2.01. The number of aromatic hydroxyl groups is 1. The Morgan fingerprint density at radius 2 is 2.14 bits per heavy atom. The predicted molar refractivity (Wildman–Crippen MR) is 88.8 cm³/mol. The molecule has 0 bridgehead atoms. The smallest absolute Gasteiger partial charge is 0.228 e. The van der Waals surface area contributed by atoms with Crippen LogP contribution < -0.4 is 10.1 Å². The van der Waals surface area contributed by atoms with Crippen molar-refractivity contribution >= 4 is 17.2 Å². The fraction of sp³-hybridized carbons (Fsp3) is 0.353. The third-order valence-electron chi connectivity index (χ3n) is 3.54. The van der Waals surface area contributed by atoms with Crippen LogP contribution in [0.5, 0.6) is 11.5 Å². The highest BCUT2D eigenvalue weighted by Crippen LogP contribution is 2.26. The van der Waals surface area contributed by atoms with Crippen LogP contribution in [0.25, 0.3) is 0 Å². The maximum absolute atomic E-state index is 12.2. The molecular weight excluding hydrogens is 298 g/mol. The van der Waals surface area contributed by atoms with Gasteiger partial charge in [0.2, 0.25) is 5.91 Å². The summed E-state index contributed by atoms with van der Waals surface area (Å²) in [5.74, 6) is 0.476. The van der Waals surface area contributed by atoms with Crippen LogP contribution in [0.2, 0.25) is 0 Å². The first kappa shape index (κ1) is 16.4. The normalized spacial score (nSPS) is 12.0. The van der Waals surface area contributed by atoms with Gasteiger partial charge in [-0.3, -0.25) is 4.79 Å². The fourth-order valence-electron chi connectivity index (χ4n) is 2.18. The summed E-state index contributed by atoms with van der Waals surface area (Å²) in [5, 5.41) is 12.5. The van der Waals surface area contributed by atoms with E-state index < -0.39 is 0 Å². The Kier molecular flexibility index (Phi) is 5.44. The van der Waals surface area contributed by atoms with Crippen LogP contribution in [0.4, 0.5) is 0 Å². The van der Waals surface area contributed by atoms with Gasteiger partial charge in [0.25, 0.3) is 0 Å². The van der Waals surface area contributed by atoms with Crippen LogP contribution in [0, 0.1) is 6.92 Å². The third kappa shape index (κ3) is 4.01. The quantitative estimate of drug-likeness (QED) is 0.859. The molecule has 1 aromatic carbocycles. The number of carbonyl (C=O) groups is 1. The SMILES string of the molecule is COc1cc(CCNC(=O)C(C)c2ccc(C)s2)ccc1O. The molecule has 0 spiro atoms. The van der Waals surface area contributed by atoms with Crippen molar-refractivity contribution in [2.45, 2.75) is 26.2 Å². The predicted octanol–water partition coefficient (Wildman–Crippen LogP) is 3.23. The van der Waals surface area contributed by atoms with Gasteiger partial charge in [-0.15, -0.1) is 11.3 Å². The number of aryl methyl sites for hydroxylation is 1. The number of methoxy groups -OCH3 is 1. The molecule has 0 aliphatic heterocycles. The second-order valence-corrected chi connectivity index (χ2v) is 6.54. The van der Waals surface area contributed by atoms with Crippen LogP contribution in [-0.4, -0.2) is 24.7 Å². The van der Waals surface area contributed by atoms with Crippen molar-refractivity contribution in [1.29, 1.82) is 0 Å². The van der Waals surface area contributed by atoms with Gasteiger partial charge in [-0.1, -0.05) is 6.07 Å². The minimum Gasteiger partial charge on any atom is -0.504 e. The summed E-state index contributed by atoms with van der Waals surface area (Å²) < 4.78 is 5.08. The van der Waals surface area contributed by atoms with Crippen molar-refractivity contribution in [3.05, 3.63) is 45.6 Å². The molecule has 1 unspecified atom stereocenters. The molecule has 0 aliphatic rings. The number of phenols is 1. The summed E-state index contributed by atoms with van der Waals surface area (Å²) >= 11 is 1.66. The summed E-state index contributed by atoms with van der Waals surface area (Å²) in [4.78, 5) is 14.4. The van der Waals surface area contributed by atoms with Gasteiger partial charge in [0.05, 0.1) is 13.0 Å². The summed E-state index contributed by atoms with van der Waals surface area (Å²) in [5.41, 5.74) is 1.01. The molecule has 2 N–H and O–H groups in total. The van der Waals surface area contributed by atoms with E-state index >= 15 is 0 Å². The zero-order valence-electron chi connectivity index (χ0n) is 13.1. The highest BCUT2D eigenvalue weighted by atomic mass is 32.1. The lowest BCUT2D eigenvalue weighted by Gasteiger charge is -2.11. The lowest BCUT2D eigenvalue weighted by molar-refractivity contribution is -0.122. The number of ether oxygens (including phenoxy) is 1. The van der Waals surface area contributed by atoms with Crippen molar-refractivity contribution < 1.29 is 14.6 Å². The Balaban J connectivity index is 1.86. The molecule has 118 valence electrons. The monoisotopic (exact) mass is 319 g/mol. The second kappa shape index (κ2) is 7.31. The van der Waals surface area contributed by atoms with Crippen molar-refractivity contribution in [1.82, 2.24) is 5.32 Å². The largest absolute Gasteiger partial charge is 0.504 e. The molecule has 2 aromatic rings. The molecule has 0 saturated carbocycles. The summed E-state index contributed by atoms with van der Waals surface area (Å²) in [6.45, 7) is 4.52. The second-order valence-electron chi connectivity index (χ2n) is 5.22. The van der Waals surface area contributed by atoms with Crippen LogP contribution in [0.3, 0.4) is 0 Å². The van der Waals surface area contributed by atoms with Crippen molar-refractivity contribution in [3.63, 3.8) is 0 Å². The number of rotatable bonds is 6. The average molecular weight is 319 g/mol. The van der Waals surface area contributed by atoms with Gasteiger partial charge in [-0.25, -0.2) is 0 Å². The highest BCUT2D eigenvalue weighted by Gasteiger charge is 2.16. The van der Waals surface area contributed by atoms with Gasteiger partial charge in [0, 0.05) is 16.3 Å². The fourth-order valence-corrected chi connectivity index (χ4v) is 3.10. The number of thiophene rings is 1. The van der Waals surface area contributed by atoms with E-state index in [1.807, 2.05) is 32.0 Å². The highest BCUT2D eigenvalue weighted by molar-refractivity contribution is 7.12. The average Bonchev–Trinajstić information content (AvgIpc) is 2.94. The molecule has 22 heavy (non-hydrogen) atoms. The van der Waals surface area contributed by atoms with Crippen LogP contribution in [-0.2, 0) is 11.2 Å². The van der Waals surface area contributed by atoms with Crippen molar-refractivity contribution in [3.8, 4) is 11.5 Å². The number of hydrogen-bond donors (Lipinski definition) is 2. The zero-order valence-corrected chi connectivity index (χ0v) is 13.9. The van der Waals surface area contributed by atoms with E-state index in [9.17, 15) is 9.90 Å². The first-order valence-electron chi connectivity index (χ1n) is 7.21. The summed E-state index contributed by atoms with van der Waals surface area (Å²) in [6, 6.07) is 9.26. The van der Waals surface area contributed by atoms with Gasteiger partial charge in [-0.2, -0.15) is 0 Å². The molecule has 1 amide bonds. The molecule has 5 heteroatoms. The number of amides is 1. The standard InChI is InChI=1S/C17H21NO3S/c1-11-4-7-16(22-11)12(2)17(20)18-9-8-13-5-6-14(19)15(10-13)21-3/h4-7,10,12,19H,8-9H2,1-3H3,(H,18,20). The molecule has 1 heterocycles. The number of benzene rings is 1. The maximum atomic E-state index is 12.2. The first-order chi connectivity index (χ1) is 10.5. The molecule has 0 saturated heterocycles. The molecular formula is C17H21NO3S. The first-order valence-corrected chi connectivity index (χ1v) is 8.03. The number of phenolic OH excluding ortho intramolecular Hbond substituents is 1. The van der Waals surface area contributed by atoms with E-state index in [-0.39, 0.29) is 17.6 Å². The van der Waals surface area contributed by atoms with Gasteiger partial charge in [0.1, 0.15) is 0 Å². The molecule has 0 fully saturated rings. The number of carbonyl (C=O) groups excluding carboxylic acids is 1. The number of hydrogen-bond acceptors (Lipinski definition) is 4. The van der Waals surface area contributed by atoms with E-state index in [1.165, 1.54) is 12.0 Å². The van der Waals surface area contributed by atoms with E-state index in [0.29, 0.717) is 18.7 Å². The Labute approximate surface area is 134 Å². The lowest BCUT2D eigenvalue weighted by Crippen LogP contribution is -2.29. The van der Waals surface area contributed by atoms with Crippen molar-refractivity contribution in [2.75, 3.05) is 13.7 Å². The summed E-state index contributed by atoms with van der Waals surface area (Å²) in [6.07, 6.45) is 0.693. The third-order valence-corrected chi connectivity index (χ3v) is 4.72. The molecule has 4 nitrogen and oxygen atoms in total. The topological polar surface area (TPSA) is 58.6 Å². The van der Waals surface area contributed by atoms with Crippen LogP contribution >= 0.6 is 11.3 Å². The van der Waals surface area contributed by atoms with Gasteiger partial charge >= 0.3 is 0 Å². The van der Waals surface area contributed by atoms with Crippen molar-refractivity contribution in [2.24, 2.45) is 0 Å². The summed E-state index contributed by atoms with van der Waals surface area (Å²) in [7, 11) is 1.52. The Bertz CT molecular complexity index is 651. The van der Waals surface area contributed by atoms with E-state index in [4.69, 9.17) is 4.74 Å². The number of nitrogens with one attached hydrogen (secondary N) is 1. The van der Waals surface area contributed by atoms with E-state index in [0.717, 1.165) is 10.4 Å². The zero-order chi connectivity index (χ0) is 16.1. The molecule has 0 radical (unpaired) electrons. The molecule has 2 rings (SSSR count). The van der Waals surface area contributed by atoms with E-state index in [1.54, 1.807) is 23.5 Å². The minimum absolute atomic E-state index is 0.0348. The molecule has 1 aromatic heterocycles. The lowest BCUT2D eigenvalue weighted by atomic mass is 10.1. The van der Waals surface area contributed by atoms with Crippen LogP contribution in [0.15, 0.2) is 30.3 Å². The Morgan fingerprint density at radius 3 is 2.77 bits per heavy atom.